The molecule has 0 radical (unpaired) electrons. The molecule has 4 heteroatoms. The van der Waals surface area contributed by atoms with Crippen LogP contribution >= 0.6 is 0 Å². The summed E-state index contributed by atoms with van der Waals surface area (Å²) in [6, 6.07) is 8.32. The predicted molar refractivity (Wildman–Crippen MR) is 87.4 cm³/mol. The summed E-state index contributed by atoms with van der Waals surface area (Å²) < 4.78 is 4.35. The van der Waals surface area contributed by atoms with E-state index in [1.807, 2.05) is 12.4 Å². The molecule has 22 heavy (non-hydrogen) atoms. The lowest BCUT2D eigenvalue weighted by Crippen LogP contribution is -2.04. The van der Waals surface area contributed by atoms with E-state index >= 15 is 0 Å². The van der Waals surface area contributed by atoms with Crippen molar-refractivity contribution in [2.45, 2.75) is 26.7 Å². The monoisotopic (exact) mass is 290 g/mol. The smallest absolute Gasteiger partial charge is 0.139 e. The first-order chi connectivity index (χ1) is 10.7. The van der Waals surface area contributed by atoms with Gasteiger partial charge >= 0.3 is 0 Å². The van der Waals surface area contributed by atoms with Crippen LogP contribution in [-0.2, 0) is 0 Å². The highest BCUT2D eigenvalue weighted by molar-refractivity contribution is 5.51. The minimum Gasteiger partial charge on any atom is -0.303 e. The largest absolute Gasteiger partial charge is 0.303 e. The Morgan fingerprint density at radius 3 is 1.73 bits per heavy atom. The van der Waals surface area contributed by atoms with Gasteiger partial charge in [-0.3, -0.25) is 0 Å². The number of rotatable bonds is 2. The van der Waals surface area contributed by atoms with Gasteiger partial charge in [0.15, 0.2) is 0 Å². The molecule has 0 aliphatic rings. The van der Waals surface area contributed by atoms with E-state index < -0.39 is 0 Å². The Kier molecular flexibility index (Phi) is 2.79. The van der Waals surface area contributed by atoms with Crippen molar-refractivity contribution in [2.24, 2.45) is 0 Å². The summed E-state index contributed by atoms with van der Waals surface area (Å²) in [5.41, 5.74) is 6.79. The highest BCUT2D eigenvalue weighted by Crippen LogP contribution is 2.26. The summed E-state index contributed by atoms with van der Waals surface area (Å²) in [4.78, 5) is 9.16. The van der Waals surface area contributed by atoms with Crippen molar-refractivity contribution in [3.63, 3.8) is 0 Å². The molecule has 0 fully saturated rings. The molecule has 4 aromatic heterocycles. The minimum atomic E-state index is 0.216. The Hall–Kier alpha value is -2.62. The SMILES string of the molecule is Cc1cccn2c(C(C)c3cnc4c(C)cccn34)cnc12. The Bertz CT molecular complexity index is 897. The van der Waals surface area contributed by atoms with Crippen molar-refractivity contribution in [1.29, 1.82) is 0 Å². The van der Waals surface area contributed by atoms with Gasteiger partial charge in [0.1, 0.15) is 11.3 Å². The Labute approximate surface area is 129 Å². The van der Waals surface area contributed by atoms with Crippen LogP contribution in [0.15, 0.2) is 49.1 Å². The third kappa shape index (κ3) is 1.77. The normalized spacial score (nSPS) is 11.8. The van der Waals surface area contributed by atoms with Crippen molar-refractivity contribution in [3.8, 4) is 0 Å². The van der Waals surface area contributed by atoms with Gasteiger partial charge in [-0.25, -0.2) is 9.97 Å². The van der Waals surface area contributed by atoms with E-state index in [1.54, 1.807) is 0 Å². The molecule has 110 valence electrons. The van der Waals surface area contributed by atoms with Crippen molar-refractivity contribution in [3.05, 3.63) is 71.6 Å². The minimum absolute atomic E-state index is 0.216. The molecule has 4 rings (SSSR count). The van der Waals surface area contributed by atoms with Crippen molar-refractivity contribution in [1.82, 2.24) is 18.8 Å². The van der Waals surface area contributed by atoms with E-state index in [2.05, 4.69) is 76.2 Å². The second kappa shape index (κ2) is 4.70. The molecule has 4 heterocycles. The first-order valence-electron chi connectivity index (χ1n) is 7.52. The molecule has 4 aromatic rings. The molecule has 0 aliphatic heterocycles. The number of aromatic nitrogens is 4. The van der Waals surface area contributed by atoms with Gasteiger partial charge in [-0.1, -0.05) is 19.1 Å². The molecule has 0 amide bonds. The molecule has 0 N–H and O–H groups in total. The van der Waals surface area contributed by atoms with Crippen LogP contribution in [0.25, 0.3) is 11.3 Å². The standard InChI is InChI=1S/C18H18N4/c1-12-6-4-8-21-15(10-19-17(12)21)14(3)16-11-20-18-13(2)7-5-9-22(16)18/h4-11,14H,1-3H3. The average molecular weight is 290 g/mol. The maximum Gasteiger partial charge on any atom is 0.139 e. The van der Waals surface area contributed by atoms with E-state index in [-0.39, 0.29) is 5.92 Å². The molecular weight excluding hydrogens is 272 g/mol. The maximum absolute atomic E-state index is 4.58. The van der Waals surface area contributed by atoms with Gasteiger partial charge in [-0.2, -0.15) is 0 Å². The van der Waals surface area contributed by atoms with E-state index in [9.17, 15) is 0 Å². The average Bonchev–Trinajstić information content (AvgIpc) is 3.12. The first-order valence-corrected chi connectivity index (χ1v) is 7.52. The first kappa shape index (κ1) is 13.1. The lowest BCUT2D eigenvalue weighted by Gasteiger charge is -2.12. The molecule has 0 saturated carbocycles. The molecule has 0 bridgehead atoms. The highest BCUT2D eigenvalue weighted by Gasteiger charge is 2.18. The molecule has 0 aromatic carbocycles. The number of hydrogen-bond acceptors (Lipinski definition) is 2. The van der Waals surface area contributed by atoms with Crippen molar-refractivity contribution in [2.75, 3.05) is 0 Å². The summed E-state index contributed by atoms with van der Waals surface area (Å²) in [6.07, 6.45) is 8.11. The highest BCUT2D eigenvalue weighted by atomic mass is 15.0. The van der Waals surface area contributed by atoms with Crippen LogP contribution < -0.4 is 0 Å². The molecular formula is C18H18N4. The fourth-order valence-electron chi connectivity index (χ4n) is 3.13. The predicted octanol–water partition coefficient (Wildman–Crippen LogP) is 3.75. The van der Waals surface area contributed by atoms with Gasteiger partial charge in [0.05, 0.1) is 11.4 Å². The molecule has 0 aliphatic carbocycles. The summed E-state index contributed by atoms with van der Waals surface area (Å²) in [6.45, 7) is 6.39. The Morgan fingerprint density at radius 2 is 1.27 bits per heavy atom. The van der Waals surface area contributed by atoms with Gasteiger partial charge in [-0.05, 0) is 37.1 Å². The number of hydrogen-bond donors (Lipinski definition) is 0. The van der Waals surface area contributed by atoms with Crippen LogP contribution in [0.2, 0.25) is 0 Å². The quantitative estimate of drug-likeness (QED) is 0.563. The lowest BCUT2D eigenvalue weighted by atomic mass is 10.1. The van der Waals surface area contributed by atoms with Crippen LogP contribution in [0.3, 0.4) is 0 Å². The summed E-state index contributed by atoms with van der Waals surface area (Å²) in [5.74, 6) is 0.216. The zero-order valence-corrected chi connectivity index (χ0v) is 13.0. The van der Waals surface area contributed by atoms with Gasteiger partial charge in [-0.15, -0.1) is 0 Å². The topological polar surface area (TPSA) is 34.6 Å². The third-order valence-corrected chi connectivity index (χ3v) is 4.41. The van der Waals surface area contributed by atoms with Crippen LogP contribution in [0, 0.1) is 13.8 Å². The van der Waals surface area contributed by atoms with Gasteiger partial charge < -0.3 is 8.80 Å². The Morgan fingerprint density at radius 1 is 0.818 bits per heavy atom. The lowest BCUT2D eigenvalue weighted by molar-refractivity contribution is 0.806. The summed E-state index contributed by atoms with van der Waals surface area (Å²) >= 11 is 0. The number of aryl methyl sites for hydroxylation is 2. The van der Waals surface area contributed by atoms with E-state index in [0.717, 1.165) is 11.3 Å². The number of imidazole rings is 2. The van der Waals surface area contributed by atoms with Crippen LogP contribution in [0.4, 0.5) is 0 Å². The van der Waals surface area contributed by atoms with Gasteiger partial charge in [0.25, 0.3) is 0 Å². The molecule has 0 unspecified atom stereocenters. The van der Waals surface area contributed by atoms with E-state index in [0.29, 0.717) is 0 Å². The number of fused-ring (bicyclic) bond motifs is 2. The van der Waals surface area contributed by atoms with Crippen molar-refractivity contribution >= 4 is 11.3 Å². The van der Waals surface area contributed by atoms with Crippen LogP contribution in [-0.4, -0.2) is 18.8 Å². The fourth-order valence-corrected chi connectivity index (χ4v) is 3.13. The zero-order valence-electron chi connectivity index (χ0n) is 13.0. The fraction of sp³-hybridized carbons (Fsp3) is 0.222. The second-order valence-electron chi connectivity index (χ2n) is 5.86. The van der Waals surface area contributed by atoms with Crippen LogP contribution in [0.1, 0.15) is 35.4 Å². The maximum atomic E-state index is 4.58. The zero-order chi connectivity index (χ0) is 15.3. The summed E-state index contributed by atoms with van der Waals surface area (Å²) in [7, 11) is 0. The van der Waals surface area contributed by atoms with E-state index in [4.69, 9.17) is 0 Å². The molecule has 0 spiro atoms. The molecule has 0 saturated heterocycles. The van der Waals surface area contributed by atoms with Gasteiger partial charge in [0, 0.05) is 30.7 Å². The summed E-state index contributed by atoms with van der Waals surface area (Å²) in [5, 5.41) is 0. The van der Waals surface area contributed by atoms with Crippen molar-refractivity contribution < 1.29 is 0 Å². The van der Waals surface area contributed by atoms with E-state index in [1.165, 1.54) is 22.5 Å². The number of pyridine rings is 2. The Balaban J connectivity index is 1.91. The second-order valence-corrected chi connectivity index (χ2v) is 5.86. The van der Waals surface area contributed by atoms with Gasteiger partial charge in [0.2, 0.25) is 0 Å². The van der Waals surface area contributed by atoms with Crippen LogP contribution in [0.5, 0.6) is 0 Å². The third-order valence-electron chi connectivity index (χ3n) is 4.41. The molecule has 0 atom stereocenters. The number of nitrogens with zero attached hydrogens (tertiary/aromatic N) is 4. The molecule has 4 nitrogen and oxygen atoms in total.